The summed E-state index contributed by atoms with van der Waals surface area (Å²) in [6.45, 7) is 2.59. The quantitative estimate of drug-likeness (QED) is 0.631. The second kappa shape index (κ2) is 3.46. The smallest absolute Gasteiger partial charge is 0.0967 e. The minimum absolute atomic E-state index is 0. The van der Waals surface area contributed by atoms with Crippen molar-refractivity contribution in [2.45, 2.75) is 45.1 Å². The first kappa shape index (κ1) is 12.4. The highest BCUT2D eigenvalue weighted by Crippen LogP contribution is 2.61. The lowest BCUT2D eigenvalue weighted by atomic mass is 9.47. The van der Waals surface area contributed by atoms with Gasteiger partial charge >= 0.3 is 0 Å². The van der Waals surface area contributed by atoms with Crippen LogP contribution in [0.4, 0.5) is 0 Å². The number of rotatable bonds is 1. The number of hydrogen-bond acceptors (Lipinski definition) is 1. The van der Waals surface area contributed by atoms with Crippen LogP contribution in [0.25, 0.3) is 0 Å². The van der Waals surface area contributed by atoms with Crippen molar-refractivity contribution < 1.29 is 9.96 Å². The third-order valence-corrected chi connectivity index (χ3v) is 5.44. The maximum absolute atomic E-state index is 2.59. The Kier molecular flexibility index (Phi) is 2.67. The van der Waals surface area contributed by atoms with Crippen LogP contribution in [-0.2, 0) is 0 Å². The van der Waals surface area contributed by atoms with Crippen LogP contribution in [0.1, 0.15) is 39.0 Å². The topological polar surface area (TPSA) is 30.0 Å². The fourth-order valence-corrected chi connectivity index (χ4v) is 5.99. The Bertz CT molecular complexity index is 267. The summed E-state index contributed by atoms with van der Waals surface area (Å²) in [5.41, 5.74) is 0.674. The van der Waals surface area contributed by atoms with Gasteiger partial charge in [-0.05, 0) is 43.9 Å². The molecule has 0 aromatic rings. The summed E-state index contributed by atoms with van der Waals surface area (Å²) in [5.74, 6) is 3.23. The van der Waals surface area contributed by atoms with Crippen LogP contribution >= 0.6 is 0 Å². The highest BCUT2D eigenvalue weighted by Gasteiger charge is 2.59. The Balaban J connectivity index is 0.000000963. The van der Waals surface area contributed by atoms with E-state index in [9.17, 15) is 0 Å². The van der Waals surface area contributed by atoms with Crippen LogP contribution in [0.15, 0.2) is 0 Å². The molecule has 0 saturated heterocycles. The summed E-state index contributed by atoms with van der Waals surface area (Å²) >= 11 is 0. The lowest BCUT2D eigenvalue weighted by Gasteiger charge is -2.62. The van der Waals surface area contributed by atoms with Gasteiger partial charge in [0.15, 0.2) is 0 Å². The predicted octanol–water partition coefficient (Wildman–Crippen LogP) is 2.73. The number of quaternary nitrogens is 1. The molecule has 1 N–H and O–H groups in total. The van der Waals surface area contributed by atoms with Crippen LogP contribution in [0, 0.1) is 23.2 Å². The van der Waals surface area contributed by atoms with E-state index in [2.05, 4.69) is 28.1 Å². The van der Waals surface area contributed by atoms with Gasteiger partial charge in [-0.1, -0.05) is 6.92 Å². The van der Waals surface area contributed by atoms with E-state index in [1.807, 2.05) is 0 Å². The van der Waals surface area contributed by atoms with Gasteiger partial charge in [-0.15, -0.1) is 0 Å². The summed E-state index contributed by atoms with van der Waals surface area (Å²) in [6.07, 6.45) is 7.72. The standard InChI is InChI=1S/C14H26N.H2O/c1-14-8-10-5-11(9-14)7-12(6-10)13(14)15(2,3)4;/h10-13H,5-9H2,1-4H3;1H2/q+1;/p-1. The van der Waals surface area contributed by atoms with E-state index < -0.39 is 0 Å². The average molecular weight is 225 g/mol. The normalized spacial score (nSPS) is 50.2. The van der Waals surface area contributed by atoms with Gasteiger partial charge in [-0.2, -0.15) is 0 Å². The molecule has 0 radical (unpaired) electrons. The molecule has 4 bridgehead atoms. The molecule has 4 aliphatic carbocycles. The van der Waals surface area contributed by atoms with Crippen LogP contribution in [0.5, 0.6) is 0 Å². The van der Waals surface area contributed by atoms with Crippen molar-refractivity contribution in [1.82, 2.24) is 0 Å². The molecule has 4 fully saturated rings. The number of hydrogen-bond donors (Lipinski definition) is 0. The van der Waals surface area contributed by atoms with Crippen molar-refractivity contribution in [3.05, 3.63) is 0 Å². The van der Waals surface area contributed by atoms with E-state index >= 15 is 0 Å². The highest BCUT2D eigenvalue weighted by atomic mass is 16.0. The van der Waals surface area contributed by atoms with Gasteiger partial charge in [-0.25, -0.2) is 0 Å². The van der Waals surface area contributed by atoms with Crippen molar-refractivity contribution >= 4 is 0 Å². The third-order valence-electron chi connectivity index (χ3n) is 5.44. The molecule has 4 saturated carbocycles. The fraction of sp³-hybridized carbons (Fsp3) is 1.00. The van der Waals surface area contributed by atoms with Gasteiger partial charge in [-0.3, -0.25) is 0 Å². The Morgan fingerprint density at radius 1 is 0.938 bits per heavy atom. The molecule has 2 nitrogen and oxygen atoms in total. The number of nitrogens with zero attached hydrogens (tertiary/aromatic N) is 1. The molecule has 0 amide bonds. The van der Waals surface area contributed by atoms with Gasteiger partial charge in [0, 0.05) is 11.3 Å². The molecule has 3 atom stereocenters. The van der Waals surface area contributed by atoms with Crippen LogP contribution < -0.4 is 0 Å². The first-order chi connectivity index (χ1) is 6.88. The Morgan fingerprint density at radius 2 is 1.44 bits per heavy atom. The van der Waals surface area contributed by atoms with E-state index in [-0.39, 0.29) is 5.48 Å². The molecule has 4 aliphatic rings. The molecule has 0 heterocycles. The third kappa shape index (κ3) is 1.62. The van der Waals surface area contributed by atoms with E-state index in [0.717, 1.165) is 23.8 Å². The van der Waals surface area contributed by atoms with E-state index in [1.54, 1.807) is 19.3 Å². The molecule has 0 spiro atoms. The van der Waals surface area contributed by atoms with Gasteiger partial charge < -0.3 is 9.96 Å². The zero-order valence-electron chi connectivity index (χ0n) is 11.2. The molecular formula is C14H27NO. The SMILES string of the molecule is CC12CC3CC(CC(C3)C1[N+](C)(C)C)C2.[OH-]. The van der Waals surface area contributed by atoms with Gasteiger partial charge in [0.1, 0.15) is 0 Å². The monoisotopic (exact) mass is 225 g/mol. The first-order valence-corrected chi connectivity index (χ1v) is 6.69. The Morgan fingerprint density at radius 3 is 1.81 bits per heavy atom. The summed E-state index contributed by atoms with van der Waals surface area (Å²) in [4.78, 5) is 0. The summed E-state index contributed by atoms with van der Waals surface area (Å²) in [7, 11) is 7.24. The average Bonchev–Trinajstić information content (AvgIpc) is 1.94. The Labute approximate surface area is 99.9 Å². The molecule has 94 valence electrons. The van der Waals surface area contributed by atoms with Gasteiger partial charge in [0.2, 0.25) is 0 Å². The van der Waals surface area contributed by atoms with Crippen molar-refractivity contribution in [3.8, 4) is 0 Å². The van der Waals surface area contributed by atoms with Crippen molar-refractivity contribution in [1.29, 1.82) is 0 Å². The van der Waals surface area contributed by atoms with E-state index in [1.165, 1.54) is 17.3 Å². The molecule has 4 rings (SSSR count). The zero-order chi connectivity index (χ0) is 10.8. The van der Waals surface area contributed by atoms with Crippen molar-refractivity contribution in [3.63, 3.8) is 0 Å². The van der Waals surface area contributed by atoms with Crippen LogP contribution in [0.2, 0.25) is 0 Å². The van der Waals surface area contributed by atoms with Crippen molar-refractivity contribution in [2.75, 3.05) is 21.1 Å². The molecule has 0 aromatic carbocycles. The summed E-state index contributed by atoms with van der Waals surface area (Å²) < 4.78 is 1.20. The lowest BCUT2D eigenvalue weighted by Crippen LogP contribution is -2.65. The molecular weight excluding hydrogens is 198 g/mol. The lowest BCUT2D eigenvalue weighted by molar-refractivity contribution is -0.911. The molecule has 2 heteroatoms. The minimum atomic E-state index is 0. The largest absolute Gasteiger partial charge is 0.870 e. The van der Waals surface area contributed by atoms with Crippen LogP contribution in [-0.4, -0.2) is 37.1 Å². The summed E-state index contributed by atoms with van der Waals surface area (Å²) in [6, 6.07) is 0.935. The fourth-order valence-electron chi connectivity index (χ4n) is 5.99. The molecule has 16 heavy (non-hydrogen) atoms. The van der Waals surface area contributed by atoms with Crippen LogP contribution in [0.3, 0.4) is 0 Å². The molecule has 0 aromatic heterocycles. The van der Waals surface area contributed by atoms with E-state index in [4.69, 9.17) is 0 Å². The Hall–Kier alpha value is -0.0800. The zero-order valence-corrected chi connectivity index (χ0v) is 11.2. The van der Waals surface area contributed by atoms with Gasteiger partial charge in [0.05, 0.1) is 27.2 Å². The second-order valence-corrected chi connectivity index (χ2v) is 7.82. The molecule has 3 unspecified atom stereocenters. The minimum Gasteiger partial charge on any atom is -0.870 e. The highest BCUT2D eigenvalue weighted by molar-refractivity contribution is 5.05. The maximum Gasteiger partial charge on any atom is 0.0967 e. The summed E-state index contributed by atoms with van der Waals surface area (Å²) in [5, 5.41) is 0. The molecule has 0 aliphatic heterocycles. The maximum atomic E-state index is 2.59. The van der Waals surface area contributed by atoms with Gasteiger partial charge in [0.25, 0.3) is 0 Å². The first-order valence-electron chi connectivity index (χ1n) is 6.69. The predicted molar refractivity (Wildman–Crippen MR) is 65.4 cm³/mol. The van der Waals surface area contributed by atoms with Crippen molar-refractivity contribution in [2.24, 2.45) is 23.2 Å². The van der Waals surface area contributed by atoms with E-state index in [0.29, 0.717) is 5.41 Å². The second-order valence-electron chi connectivity index (χ2n) is 7.82.